The summed E-state index contributed by atoms with van der Waals surface area (Å²) in [6, 6.07) is 0.456. The molecule has 0 spiro atoms. The number of carbonyl (C=O) groups is 1. The van der Waals surface area contributed by atoms with Gasteiger partial charge >= 0.3 is 6.03 Å². The van der Waals surface area contributed by atoms with Crippen LogP contribution < -0.4 is 5.32 Å². The minimum atomic E-state index is 0.0914. The second-order valence-corrected chi connectivity index (χ2v) is 3.79. The van der Waals surface area contributed by atoms with Gasteiger partial charge in [0.2, 0.25) is 0 Å². The predicted octanol–water partition coefficient (Wildman–Crippen LogP) is 0.352. The van der Waals surface area contributed by atoms with Crippen LogP contribution in [0.1, 0.15) is 12.8 Å². The van der Waals surface area contributed by atoms with Crippen LogP contribution in [0.25, 0.3) is 0 Å². The number of hydrogen-bond acceptors (Lipinski definition) is 2. The molecule has 76 valence electrons. The fraction of sp³-hybridized carbons (Fsp3) is 0.889. The number of urea groups is 1. The molecule has 1 N–H and O–H groups in total. The van der Waals surface area contributed by atoms with E-state index in [1.807, 2.05) is 11.9 Å². The molecule has 4 heteroatoms. The van der Waals surface area contributed by atoms with Gasteiger partial charge in [-0.05, 0) is 19.4 Å². The summed E-state index contributed by atoms with van der Waals surface area (Å²) in [5.74, 6) is 0. The normalized spacial score (nSPS) is 22.5. The molecule has 1 heterocycles. The van der Waals surface area contributed by atoms with E-state index in [4.69, 9.17) is 0 Å². The SMILES string of the molecule is CN(C)C(=O)N(C)C1CCCNC1. The highest BCUT2D eigenvalue weighted by molar-refractivity contribution is 5.73. The number of nitrogens with one attached hydrogen (secondary N) is 1. The summed E-state index contributed by atoms with van der Waals surface area (Å²) in [6.45, 7) is 2.01. The van der Waals surface area contributed by atoms with Gasteiger partial charge in [-0.25, -0.2) is 4.79 Å². The van der Waals surface area contributed by atoms with E-state index >= 15 is 0 Å². The van der Waals surface area contributed by atoms with Crippen molar-refractivity contribution in [1.82, 2.24) is 15.1 Å². The molecule has 2 amide bonds. The molecule has 1 unspecified atom stereocenters. The average molecular weight is 185 g/mol. The molecule has 1 aliphatic rings. The monoisotopic (exact) mass is 185 g/mol. The lowest BCUT2D eigenvalue weighted by atomic mass is 10.1. The quantitative estimate of drug-likeness (QED) is 0.640. The Bertz CT molecular complexity index is 176. The van der Waals surface area contributed by atoms with Crippen LogP contribution in [0.3, 0.4) is 0 Å². The number of nitrogens with zero attached hydrogens (tertiary/aromatic N) is 2. The zero-order chi connectivity index (χ0) is 9.84. The van der Waals surface area contributed by atoms with Gasteiger partial charge in [-0.15, -0.1) is 0 Å². The lowest BCUT2D eigenvalue weighted by molar-refractivity contribution is 0.154. The first-order valence-electron chi connectivity index (χ1n) is 4.77. The Morgan fingerprint density at radius 2 is 2.08 bits per heavy atom. The van der Waals surface area contributed by atoms with Gasteiger partial charge in [0.15, 0.2) is 0 Å². The summed E-state index contributed by atoms with van der Waals surface area (Å²) in [4.78, 5) is 15.0. The maximum Gasteiger partial charge on any atom is 0.319 e. The minimum absolute atomic E-state index is 0.0914. The van der Waals surface area contributed by atoms with Crippen molar-refractivity contribution in [3.05, 3.63) is 0 Å². The molecule has 0 aliphatic carbocycles. The van der Waals surface area contributed by atoms with Crippen molar-refractivity contribution in [1.29, 1.82) is 0 Å². The predicted molar refractivity (Wildman–Crippen MR) is 52.7 cm³/mol. The Labute approximate surface area is 79.9 Å². The Balaban J connectivity index is 2.45. The summed E-state index contributed by atoms with van der Waals surface area (Å²) in [7, 11) is 5.45. The maximum atomic E-state index is 11.6. The highest BCUT2D eigenvalue weighted by atomic mass is 16.2. The van der Waals surface area contributed by atoms with Crippen molar-refractivity contribution >= 4 is 6.03 Å². The third-order valence-electron chi connectivity index (χ3n) is 2.50. The van der Waals surface area contributed by atoms with Crippen LogP contribution in [0.2, 0.25) is 0 Å². The molecule has 0 aromatic rings. The fourth-order valence-corrected chi connectivity index (χ4v) is 1.64. The smallest absolute Gasteiger partial charge is 0.319 e. The summed E-state index contributed by atoms with van der Waals surface area (Å²) < 4.78 is 0. The van der Waals surface area contributed by atoms with Gasteiger partial charge in [-0.1, -0.05) is 0 Å². The van der Waals surface area contributed by atoms with E-state index in [0.717, 1.165) is 25.9 Å². The summed E-state index contributed by atoms with van der Waals surface area (Å²) in [5, 5.41) is 3.30. The maximum absolute atomic E-state index is 11.6. The van der Waals surface area contributed by atoms with Gasteiger partial charge < -0.3 is 15.1 Å². The molecule has 1 saturated heterocycles. The molecule has 0 saturated carbocycles. The van der Waals surface area contributed by atoms with Crippen molar-refractivity contribution in [2.75, 3.05) is 34.2 Å². The van der Waals surface area contributed by atoms with E-state index < -0.39 is 0 Å². The molecule has 1 aliphatic heterocycles. The van der Waals surface area contributed by atoms with Gasteiger partial charge in [-0.2, -0.15) is 0 Å². The number of rotatable bonds is 1. The Kier molecular flexibility index (Phi) is 3.54. The number of piperidine rings is 1. The van der Waals surface area contributed by atoms with Crippen molar-refractivity contribution in [2.45, 2.75) is 18.9 Å². The third kappa shape index (κ3) is 2.59. The van der Waals surface area contributed by atoms with Crippen LogP contribution in [0, 0.1) is 0 Å². The zero-order valence-electron chi connectivity index (χ0n) is 8.71. The number of amides is 2. The molecule has 0 bridgehead atoms. The van der Waals surface area contributed by atoms with E-state index in [9.17, 15) is 4.79 Å². The van der Waals surface area contributed by atoms with Gasteiger partial charge in [0.1, 0.15) is 0 Å². The van der Waals surface area contributed by atoms with E-state index in [2.05, 4.69) is 5.32 Å². The summed E-state index contributed by atoms with van der Waals surface area (Å²) in [6.07, 6.45) is 2.28. The molecule has 4 nitrogen and oxygen atoms in total. The largest absolute Gasteiger partial charge is 0.331 e. The summed E-state index contributed by atoms with van der Waals surface area (Å²) in [5.41, 5.74) is 0. The van der Waals surface area contributed by atoms with Crippen LogP contribution >= 0.6 is 0 Å². The van der Waals surface area contributed by atoms with Crippen molar-refractivity contribution in [3.63, 3.8) is 0 Å². The first-order chi connectivity index (χ1) is 6.13. The molecule has 1 rings (SSSR count). The topological polar surface area (TPSA) is 35.6 Å². The van der Waals surface area contributed by atoms with E-state index in [-0.39, 0.29) is 6.03 Å². The molecule has 0 aromatic carbocycles. The Hall–Kier alpha value is -0.770. The lowest BCUT2D eigenvalue weighted by Crippen LogP contribution is -2.49. The highest BCUT2D eigenvalue weighted by Crippen LogP contribution is 2.09. The Morgan fingerprint density at radius 3 is 2.54 bits per heavy atom. The van der Waals surface area contributed by atoms with E-state index in [1.165, 1.54) is 0 Å². The first-order valence-corrected chi connectivity index (χ1v) is 4.77. The van der Waals surface area contributed by atoms with Gasteiger partial charge in [0.05, 0.1) is 0 Å². The van der Waals surface area contributed by atoms with E-state index in [1.54, 1.807) is 19.0 Å². The number of hydrogen-bond donors (Lipinski definition) is 1. The lowest BCUT2D eigenvalue weighted by Gasteiger charge is -2.33. The van der Waals surface area contributed by atoms with Crippen LogP contribution in [-0.2, 0) is 0 Å². The number of likely N-dealkylation sites (N-methyl/N-ethyl adjacent to an activating group) is 1. The third-order valence-corrected chi connectivity index (χ3v) is 2.50. The molecular formula is C9H19N3O. The van der Waals surface area contributed by atoms with Crippen molar-refractivity contribution in [3.8, 4) is 0 Å². The van der Waals surface area contributed by atoms with Gasteiger partial charge in [0.25, 0.3) is 0 Å². The zero-order valence-corrected chi connectivity index (χ0v) is 8.71. The minimum Gasteiger partial charge on any atom is -0.331 e. The van der Waals surface area contributed by atoms with Crippen LogP contribution in [0.15, 0.2) is 0 Å². The van der Waals surface area contributed by atoms with Crippen molar-refractivity contribution < 1.29 is 4.79 Å². The molecular weight excluding hydrogens is 166 g/mol. The fourth-order valence-electron chi connectivity index (χ4n) is 1.64. The molecule has 13 heavy (non-hydrogen) atoms. The van der Waals surface area contributed by atoms with Crippen LogP contribution in [0.5, 0.6) is 0 Å². The molecule has 0 aromatic heterocycles. The second kappa shape index (κ2) is 4.46. The average Bonchev–Trinajstić information content (AvgIpc) is 2.17. The van der Waals surface area contributed by atoms with Crippen molar-refractivity contribution in [2.24, 2.45) is 0 Å². The Morgan fingerprint density at radius 1 is 1.38 bits per heavy atom. The van der Waals surface area contributed by atoms with E-state index in [0.29, 0.717) is 6.04 Å². The first kappa shape index (κ1) is 10.3. The van der Waals surface area contributed by atoms with Crippen LogP contribution in [0.4, 0.5) is 4.79 Å². The number of carbonyl (C=O) groups excluding carboxylic acids is 1. The van der Waals surface area contributed by atoms with Gasteiger partial charge in [0, 0.05) is 33.7 Å². The van der Waals surface area contributed by atoms with Crippen LogP contribution in [-0.4, -0.2) is 56.1 Å². The second-order valence-electron chi connectivity index (χ2n) is 3.79. The molecule has 1 atom stereocenters. The highest BCUT2D eigenvalue weighted by Gasteiger charge is 2.22. The molecule has 0 radical (unpaired) electrons. The summed E-state index contributed by atoms with van der Waals surface area (Å²) >= 11 is 0. The molecule has 1 fully saturated rings. The standard InChI is InChI=1S/C9H19N3O/c1-11(2)9(13)12(3)8-5-4-6-10-7-8/h8,10H,4-7H2,1-3H3. The van der Waals surface area contributed by atoms with Gasteiger partial charge in [-0.3, -0.25) is 0 Å².